The monoisotopic (exact) mass is 387 g/mol. The number of nitrogens with one attached hydrogen (secondary N) is 2. The summed E-state index contributed by atoms with van der Waals surface area (Å²) in [7, 11) is -3.16. The van der Waals surface area contributed by atoms with Gasteiger partial charge in [-0.1, -0.05) is 23.7 Å². The lowest BCUT2D eigenvalue weighted by atomic mass is 9.98. The Hall–Kier alpha value is -1.64. The lowest BCUT2D eigenvalue weighted by molar-refractivity contribution is -0.139. The van der Waals surface area contributed by atoms with Crippen molar-refractivity contribution >= 4 is 33.4 Å². The predicted octanol–water partition coefficient (Wildman–Crippen LogP) is 0.744. The largest absolute Gasteiger partial charge is 0.348 e. The molecule has 2 N–H and O–H groups in total. The van der Waals surface area contributed by atoms with Crippen LogP contribution in [0.1, 0.15) is 18.4 Å². The van der Waals surface area contributed by atoms with E-state index in [-0.39, 0.29) is 12.5 Å². The SMILES string of the molecule is CS(=O)(=O)N1CCC(CNC(=O)C(=O)NCc2ccc(Cl)cc2)CC1. The van der Waals surface area contributed by atoms with Gasteiger partial charge in [-0.25, -0.2) is 12.7 Å². The first-order chi connectivity index (χ1) is 11.8. The van der Waals surface area contributed by atoms with Crippen LogP contribution in [0.4, 0.5) is 0 Å². The Bertz CT molecular complexity index is 713. The van der Waals surface area contributed by atoms with Crippen molar-refractivity contribution in [2.75, 3.05) is 25.9 Å². The van der Waals surface area contributed by atoms with Crippen LogP contribution in [-0.4, -0.2) is 50.4 Å². The number of halogens is 1. The van der Waals surface area contributed by atoms with Crippen LogP contribution in [0, 0.1) is 5.92 Å². The van der Waals surface area contributed by atoms with E-state index in [0.717, 1.165) is 5.56 Å². The van der Waals surface area contributed by atoms with Gasteiger partial charge < -0.3 is 10.6 Å². The summed E-state index contributed by atoms with van der Waals surface area (Å²) < 4.78 is 24.3. The van der Waals surface area contributed by atoms with Crippen molar-refractivity contribution in [1.82, 2.24) is 14.9 Å². The number of hydrogen-bond donors (Lipinski definition) is 2. The highest BCUT2D eigenvalue weighted by atomic mass is 35.5. The number of amides is 2. The van der Waals surface area contributed by atoms with Crippen LogP contribution >= 0.6 is 11.6 Å². The molecule has 0 aliphatic carbocycles. The van der Waals surface area contributed by atoms with Crippen LogP contribution in [0.2, 0.25) is 5.02 Å². The summed E-state index contributed by atoms with van der Waals surface area (Å²) in [4.78, 5) is 23.6. The first-order valence-electron chi connectivity index (χ1n) is 8.01. The molecule has 1 aromatic rings. The molecule has 25 heavy (non-hydrogen) atoms. The standard InChI is InChI=1S/C16H22ClN3O4S/c1-25(23,24)20-8-6-13(7-9-20)11-19-16(22)15(21)18-10-12-2-4-14(17)5-3-12/h2-5,13H,6-11H2,1H3,(H,18,21)(H,19,22). The van der Waals surface area contributed by atoms with Crippen molar-refractivity contribution < 1.29 is 18.0 Å². The van der Waals surface area contributed by atoms with Gasteiger partial charge in [-0.15, -0.1) is 0 Å². The molecule has 9 heteroatoms. The molecular weight excluding hydrogens is 366 g/mol. The average molecular weight is 388 g/mol. The first-order valence-corrected chi connectivity index (χ1v) is 10.2. The van der Waals surface area contributed by atoms with Crippen LogP contribution in [0.3, 0.4) is 0 Å². The number of piperidine rings is 1. The highest BCUT2D eigenvalue weighted by Gasteiger charge is 2.25. The molecule has 2 rings (SSSR count). The minimum absolute atomic E-state index is 0.172. The van der Waals surface area contributed by atoms with E-state index in [1.807, 2.05) is 0 Å². The Labute approximate surface area is 152 Å². The summed E-state index contributed by atoms with van der Waals surface area (Å²) in [5.41, 5.74) is 0.846. The van der Waals surface area contributed by atoms with Crippen molar-refractivity contribution in [2.45, 2.75) is 19.4 Å². The summed E-state index contributed by atoms with van der Waals surface area (Å²) in [5, 5.41) is 5.77. The molecule has 0 saturated carbocycles. The van der Waals surface area contributed by atoms with E-state index in [1.54, 1.807) is 24.3 Å². The smallest absolute Gasteiger partial charge is 0.309 e. The summed E-state index contributed by atoms with van der Waals surface area (Å²) in [6.45, 7) is 1.51. The van der Waals surface area contributed by atoms with Crippen LogP contribution in [0.15, 0.2) is 24.3 Å². The average Bonchev–Trinajstić information content (AvgIpc) is 2.58. The molecule has 0 spiro atoms. The van der Waals surface area contributed by atoms with Gasteiger partial charge >= 0.3 is 11.8 Å². The second-order valence-electron chi connectivity index (χ2n) is 6.12. The molecule has 2 amide bonds. The summed E-state index contributed by atoms with van der Waals surface area (Å²) in [5.74, 6) is -1.20. The van der Waals surface area contributed by atoms with E-state index in [0.29, 0.717) is 37.5 Å². The zero-order valence-electron chi connectivity index (χ0n) is 14.0. The van der Waals surface area contributed by atoms with E-state index in [1.165, 1.54) is 10.6 Å². The molecular formula is C16H22ClN3O4S. The van der Waals surface area contributed by atoms with Gasteiger partial charge in [-0.2, -0.15) is 0 Å². The van der Waals surface area contributed by atoms with Crippen molar-refractivity contribution in [3.05, 3.63) is 34.9 Å². The fourth-order valence-electron chi connectivity index (χ4n) is 2.63. The quantitative estimate of drug-likeness (QED) is 0.728. The predicted molar refractivity (Wildman–Crippen MR) is 95.4 cm³/mol. The second-order valence-corrected chi connectivity index (χ2v) is 8.54. The third kappa shape index (κ3) is 6.30. The minimum atomic E-state index is -3.16. The number of sulfonamides is 1. The fourth-order valence-corrected chi connectivity index (χ4v) is 3.63. The number of rotatable bonds is 5. The molecule has 138 valence electrons. The number of benzene rings is 1. The van der Waals surface area contributed by atoms with Gasteiger partial charge in [-0.05, 0) is 36.5 Å². The molecule has 0 atom stereocenters. The first kappa shape index (κ1) is 19.7. The summed E-state index contributed by atoms with van der Waals surface area (Å²) in [6.07, 6.45) is 2.53. The molecule has 0 aromatic heterocycles. The van der Waals surface area contributed by atoms with Gasteiger partial charge in [0.25, 0.3) is 0 Å². The molecule has 1 aliphatic heterocycles. The zero-order valence-corrected chi connectivity index (χ0v) is 15.6. The molecule has 0 radical (unpaired) electrons. The van der Waals surface area contributed by atoms with Gasteiger partial charge in [0.15, 0.2) is 0 Å². The molecule has 7 nitrogen and oxygen atoms in total. The Morgan fingerprint density at radius 3 is 2.24 bits per heavy atom. The molecule has 1 aliphatic rings. The van der Waals surface area contributed by atoms with Crippen LogP contribution in [-0.2, 0) is 26.2 Å². The van der Waals surface area contributed by atoms with Crippen molar-refractivity contribution in [3.63, 3.8) is 0 Å². The maximum Gasteiger partial charge on any atom is 0.309 e. The topological polar surface area (TPSA) is 95.6 Å². The molecule has 1 heterocycles. The third-order valence-electron chi connectivity index (χ3n) is 4.17. The van der Waals surface area contributed by atoms with Gasteiger partial charge in [0.05, 0.1) is 6.26 Å². The van der Waals surface area contributed by atoms with Crippen molar-refractivity contribution in [3.8, 4) is 0 Å². The number of carbonyl (C=O) groups excluding carboxylic acids is 2. The number of hydrogen-bond acceptors (Lipinski definition) is 4. The van der Waals surface area contributed by atoms with E-state index in [4.69, 9.17) is 11.6 Å². The maximum absolute atomic E-state index is 11.8. The Kier molecular flexibility index (Phi) is 6.80. The van der Waals surface area contributed by atoms with E-state index < -0.39 is 21.8 Å². The summed E-state index contributed by atoms with van der Waals surface area (Å²) >= 11 is 5.79. The lowest BCUT2D eigenvalue weighted by Crippen LogP contribution is -2.44. The minimum Gasteiger partial charge on any atom is -0.348 e. The Morgan fingerprint density at radius 2 is 1.68 bits per heavy atom. The van der Waals surface area contributed by atoms with Crippen LogP contribution in [0.25, 0.3) is 0 Å². The van der Waals surface area contributed by atoms with Crippen molar-refractivity contribution in [2.24, 2.45) is 5.92 Å². The van der Waals surface area contributed by atoms with E-state index in [9.17, 15) is 18.0 Å². The van der Waals surface area contributed by atoms with Crippen LogP contribution < -0.4 is 10.6 Å². The molecule has 1 aromatic carbocycles. The lowest BCUT2D eigenvalue weighted by Gasteiger charge is -2.30. The molecule has 1 saturated heterocycles. The fraction of sp³-hybridized carbons (Fsp3) is 0.500. The van der Waals surface area contributed by atoms with E-state index in [2.05, 4.69) is 10.6 Å². The highest BCUT2D eigenvalue weighted by molar-refractivity contribution is 7.88. The third-order valence-corrected chi connectivity index (χ3v) is 5.72. The Balaban J connectivity index is 1.69. The van der Waals surface area contributed by atoms with Gasteiger partial charge in [-0.3, -0.25) is 9.59 Å². The molecule has 0 unspecified atom stereocenters. The number of carbonyl (C=O) groups is 2. The Morgan fingerprint density at radius 1 is 1.12 bits per heavy atom. The van der Waals surface area contributed by atoms with Gasteiger partial charge in [0.1, 0.15) is 0 Å². The summed E-state index contributed by atoms with van der Waals surface area (Å²) in [6, 6.07) is 6.98. The van der Waals surface area contributed by atoms with Gasteiger partial charge in [0, 0.05) is 31.2 Å². The maximum atomic E-state index is 11.8. The second kappa shape index (κ2) is 8.64. The number of nitrogens with zero attached hydrogens (tertiary/aromatic N) is 1. The molecule has 1 fully saturated rings. The molecule has 0 bridgehead atoms. The van der Waals surface area contributed by atoms with Crippen LogP contribution in [0.5, 0.6) is 0 Å². The zero-order chi connectivity index (χ0) is 18.4. The van der Waals surface area contributed by atoms with Crippen molar-refractivity contribution in [1.29, 1.82) is 0 Å². The normalized spacial score (nSPS) is 16.4. The van der Waals surface area contributed by atoms with E-state index >= 15 is 0 Å². The highest BCUT2D eigenvalue weighted by Crippen LogP contribution is 2.18. The van der Waals surface area contributed by atoms with Gasteiger partial charge in [0.2, 0.25) is 10.0 Å².